The largest absolute Gasteiger partial charge is 0.347 e. The molecule has 0 aliphatic carbocycles. The van der Waals surface area contributed by atoms with E-state index in [0.717, 1.165) is 49.9 Å². The Bertz CT molecular complexity index is 720. The van der Waals surface area contributed by atoms with Gasteiger partial charge in [0.2, 0.25) is 0 Å². The van der Waals surface area contributed by atoms with Crippen LogP contribution in [-0.4, -0.2) is 57.4 Å². The van der Waals surface area contributed by atoms with Crippen LogP contribution in [0.5, 0.6) is 0 Å². The molecule has 7 heteroatoms. The number of thiazole rings is 1. The van der Waals surface area contributed by atoms with Crippen LogP contribution in [0.2, 0.25) is 0 Å². The van der Waals surface area contributed by atoms with E-state index in [1.807, 2.05) is 4.57 Å². The molecule has 0 saturated carbocycles. The van der Waals surface area contributed by atoms with E-state index >= 15 is 0 Å². The summed E-state index contributed by atoms with van der Waals surface area (Å²) in [4.78, 5) is 9.75. The Balaban J connectivity index is 1.38. The van der Waals surface area contributed by atoms with E-state index < -0.39 is 0 Å². The Kier molecular flexibility index (Phi) is 4.21. The molecule has 0 unspecified atom stereocenters. The first-order valence-electron chi connectivity index (χ1n) is 8.04. The quantitative estimate of drug-likeness (QED) is 0.734. The lowest BCUT2D eigenvalue weighted by molar-refractivity contribution is 0.281. The molecule has 3 aromatic rings. The van der Waals surface area contributed by atoms with E-state index in [4.69, 9.17) is 4.98 Å². The maximum absolute atomic E-state index is 4.80. The van der Waals surface area contributed by atoms with Gasteiger partial charge in [0.05, 0.1) is 10.2 Å². The maximum Gasteiger partial charge on any atom is 0.186 e. The fourth-order valence-electron chi connectivity index (χ4n) is 2.98. The fraction of sp³-hybridized carbons (Fsp3) is 0.438. The Morgan fingerprint density at radius 3 is 2.70 bits per heavy atom. The van der Waals surface area contributed by atoms with Crippen molar-refractivity contribution < 1.29 is 0 Å². The number of anilines is 1. The fourth-order valence-corrected chi connectivity index (χ4v) is 3.99. The second-order valence-corrected chi connectivity index (χ2v) is 6.86. The zero-order valence-corrected chi connectivity index (χ0v) is 13.8. The third kappa shape index (κ3) is 3.35. The van der Waals surface area contributed by atoms with Gasteiger partial charge in [-0.15, -0.1) is 10.2 Å². The highest BCUT2D eigenvalue weighted by atomic mass is 32.1. The molecule has 1 aliphatic heterocycles. The van der Waals surface area contributed by atoms with E-state index in [1.54, 1.807) is 24.0 Å². The van der Waals surface area contributed by atoms with Crippen LogP contribution in [0.15, 0.2) is 36.9 Å². The summed E-state index contributed by atoms with van der Waals surface area (Å²) in [6.45, 7) is 6.35. The SMILES string of the molecule is c1ccc2sc(N3CCCN(CCn4cnnc4)CC3)nc2c1. The monoisotopic (exact) mass is 328 g/mol. The normalized spacial score (nSPS) is 16.8. The first-order valence-corrected chi connectivity index (χ1v) is 8.85. The van der Waals surface area contributed by atoms with Crippen LogP contribution < -0.4 is 4.90 Å². The average Bonchev–Trinajstić information content (AvgIpc) is 3.18. The van der Waals surface area contributed by atoms with Crippen molar-refractivity contribution in [2.45, 2.75) is 13.0 Å². The number of rotatable bonds is 4. The van der Waals surface area contributed by atoms with E-state index in [-0.39, 0.29) is 0 Å². The number of nitrogens with zero attached hydrogens (tertiary/aromatic N) is 6. The molecule has 120 valence electrons. The van der Waals surface area contributed by atoms with Gasteiger partial charge in [-0.25, -0.2) is 4.98 Å². The van der Waals surface area contributed by atoms with Gasteiger partial charge in [-0.1, -0.05) is 23.5 Å². The van der Waals surface area contributed by atoms with Crippen LogP contribution in [-0.2, 0) is 6.54 Å². The lowest BCUT2D eigenvalue weighted by Crippen LogP contribution is -2.32. The summed E-state index contributed by atoms with van der Waals surface area (Å²) in [7, 11) is 0. The standard InChI is InChI=1S/C16H20N6S/c1-2-5-15-14(4-1)19-16(23-15)22-7-3-6-20(10-11-22)8-9-21-12-17-18-13-21/h1-2,4-5,12-13H,3,6-11H2. The number of benzene rings is 1. The molecule has 3 heterocycles. The number of para-hydroxylation sites is 1. The molecule has 0 bridgehead atoms. The Labute approximate surface area is 139 Å². The van der Waals surface area contributed by atoms with Gasteiger partial charge in [-0.3, -0.25) is 4.90 Å². The lowest BCUT2D eigenvalue weighted by atomic mass is 10.3. The number of hydrogen-bond acceptors (Lipinski definition) is 6. The molecule has 1 saturated heterocycles. The van der Waals surface area contributed by atoms with Gasteiger partial charge in [0, 0.05) is 32.7 Å². The minimum absolute atomic E-state index is 0.953. The van der Waals surface area contributed by atoms with Gasteiger partial charge in [0.15, 0.2) is 5.13 Å². The van der Waals surface area contributed by atoms with Crippen molar-refractivity contribution in [2.24, 2.45) is 0 Å². The summed E-state index contributed by atoms with van der Waals surface area (Å²) < 4.78 is 3.31. The van der Waals surface area contributed by atoms with Crippen molar-refractivity contribution in [1.82, 2.24) is 24.6 Å². The van der Waals surface area contributed by atoms with Crippen LogP contribution in [0.25, 0.3) is 10.2 Å². The second-order valence-electron chi connectivity index (χ2n) is 5.85. The second kappa shape index (κ2) is 6.64. The van der Waals surface area contributed by atoms with Crippen LogP contribution in [0, 0.1) is 0 Å². The van der Waals surface area contributed by atoms with Crippen molar-refractivity contribution >= 4 is 26.7 Å². The van der Waals surface area contributed by atoms with Crippen molar-refractivity contribution in [1.29, 1.82) is 0 Å². The molecule has 4 rings (SSSR count). The van der Waals surface area contributed by atoms with Crippen molar-refractivity contribution in [2.75, 3.05) is 37.6 Å². The zero-order valence-electron chi connectivity index (χ0n) is 13.0. The minimum Gasteiger partial charge on any atom is -0.347 e. The van der Waals surface area contributed by atoms with Crippen molar-refractivity contribution in [3.8, 4) is 0 Å². The molecule has 1 fully saturated rings. The Hall–Kier alpha value is -1.99. The molecule has 23 heavy (non-hydrogen) atoms. The van der Waals surface area contributed by atoms with Crippen molar-refractivity contribution in [3.63, 3.8) is 0 Å². The van der Waals surface area contributed by atoms with Crippen LogP contribution in [0.3, 0.4) is 0 Å². The van der Waals surface area contributed by atoms with Gasteiger partial charge in [-0.2, -0.15) is 0 Å². The molecular formula is C16H20N6S. The summed E-state index contributed by atoms with van der Waals surface area (Å²) in [6.07, 6.45) is 4.74. The van der Waals surface area contributed by atoms with E-state index in [0.29, 0.717) is 0 Å². The molecule has 1 aliphatic rings. The van der Waals surface area contributed by atoms with Crippen LogP contribution >= 0.6 is 11.3 Å². The van der Waals surface area contributed by atoms with E-state index in [2.05, 4.69) is 44.3 Å². The van der Waals surface area contributed by atoms with Crippen molar-refractivity contribution in [3.05, 3.63) is 36.9 Å². The predicted octanol–water partition coefficient (Wildman–Crippen LogP) is 2.10. The maximum atomic E-state index is 4.80. The zero-order chi connectivity index (χ0) is 15.5. The Morgan fingerprint density at radius 1 is 0.957 bits per heavy atom. The molecule has 0 amide bonds. The molecule has 6 nitrogen and oxygen atoms in total. The molecule has 1 aromatic carbocycles. The summed E-state index contributed by atoms with van der Waals surface area (Å²) in [5.74, 6) is 0. The summed E-state index contributed by atoms with van der Waals surface area (Å²) in [5, 5.41) is 8.87. The summed E-state index contributed by atoms with van der Waals surface area (Å²) in [6, 6.07) is 8.39. The highest BCUT2D eigenvalue weighted by molar-refractivity contribution is 7.22. The first kappa shape index (κ1) is 14.6. The van der Waals surface area contributed by atoms with Crippen LogP contribution in [0.4, 0.5) is 5.13 Å². The molecule has 0 radical (unpaired) electrons. The van der Waals surface area contributed by atoms with Gasteiger partial charge in [-0.05, 0) is 25.1 Å². The van der Waals surface area contributed by atoms with Gasteiger partial charge < -0.3 is 9.47 Å². The average molecular weight is 328 g/mol. The smallest absolute Gasteiger partial charge is 0.186 e. The highest BCUT2D eigenvalue weighted by Gasteiger charge is 2.17. The first-order chi connectivity index (χ1) is 11.4. The molecule has 0 spiro atoms. The van der Waals surface area contributed by atoms with Gasteiger partial charge in [0.1, 0.15) is 12.7 Å². The third-order valence-corrected chi connectivity index (χ3v) is 5.38. The molecule has 2 aromatic heterocycles. The summed E-state index contributed by atoms with van der Waals surface area (Å²) in [5.41, 5.74) is 1.11. The van der Waals surface area contributed by atoms with E-state index in [1.165, 1.54) is 11.1 Å². The Morgan fingerprint density at radius 2 is 1.83 bits per heavy atom. The topological polar surface area (TPSA) is 50.1 Å². The van der Waals surface area contributed by atoms with Gasteiger partial charge >= 0.3 is 0 Å². The lowest BCUT2D eigenvalue weighted by Gasteiger charge is -2.21. The summed E-state index contributed by atoms with van der Waals surface area (Å²) >= 11 is 1.80. The molecule has 0 N–H and O–H groups in total. The minimum atomic E-state index is 0.953. The van der Waals surface area contributed by atoms with Crippen LogP contribution in [0.1, 0.15) is 6.42 Å². The number of hydrogen-bond donors (Lipinski definition) is 0. The molecular weight excluding hydrogens is 308 g/mol. The molecule has 0 atom stereocenters. The number of fused-ring (bicyclic) bond motifs is 1. The highest BCUT2D eigenvalue weighted by Crippen LogP contribution is 2.29. The third-order valence-electron chi connectivity index (χ3n) is 4.28. The van der Waals surface area contributed by atoms with Gasteiger partial charge in [0.25, 0.3) is 0 Å². The number of aromatic nitrogens is 4. The van der Waals surface area contributed by atoms with E-state index in [9.17, 15) is 0 Å². The predicted molar refractivity (Wildman–Crippen MR) is 92.9 cm³/mol.